The molecule has 2 aromatic carbocycles. The molecule has 1 fully saturated rings. The average Bonchev–Trinajstić information content (AvgIpc) is 3.08. The van der Waals surface area contributed by atoms with E-state index < -0.39 is 27.4 Å². The molecular formula is C31H37ClN2O6S. The van der Waals surface area contributed by atoms with Gasteiger partial charge in [-0.25, -0.2) is 8.42 Å². The van der Waals surface area contributed by atoms with Crippen LogP contribution in [0.2, 0.25) is 5.02 Å². The van der Waals surface area contributed by atoms with Gasteiger partial charge in [-0.1, -0.05) is 17.7 Å². The van der Waals surface area contributed by atoms with Gasteiger partial charge in [0.25, 0.3) is 0 Å². The molecule has 0 saturated heterocycles. The summed E-state index contributed by atoms with van der Waals surface area (Å²) in [5.41, 5.74) is 2.97. The Bertz CT molecular complexity index is 1480. The van der Waals surface area contributed by atoms with Crippen LogP contribution in [0.1, 0.15) is 43.7 Å². The van der Waals surface area contributed by atoms with Gasteiger partial charge in [0.1, 0.15) is 18.1 Å². The van der Waals surface area contributed by atoms with Gasteiger partial charge in [-0.2, -0.15) is 0 Å². The highest BCUT2D eigenvalue weighted by Crippen LogP contribution is 2.46. The van der Waals surface area contributed by atoms with Crippen molar-refractivity contribution in [2.24, 2.45) is 11.8 Å². The van der Waals surface area contributed by atoms with E-state index in [1.54, 1.807) is 19.1 Å². The van der Waals surface area contributed by atoms with E-state index >= 15 is 0 Å². The summed E-state index contributed by atoms with van der Waals surface area (Å²) in [4.78, 5) is 29.4. The second-order valence-electron chi connectivity index (χ2n) is 12.3. The summed E-state index contributed by atoms with van der Waals surface area (Å²) in [6, 6.07) is 10.2. The molecule has 1 spiro atoms. The summed E-state index contributed by atoms with van der Waals surface area (Å²) in [6.45, 7) is 3.79. The minimum atomic E-state index is -3.96. The Morgan fingerprint density at radius 2 is 1.88 bits per heavy atom. The smallest absolute Gasteiger partial charge is 0.248 e. The van der Waals surface area contributed by atoms with Gasteiger partial charge in [0, 0.05) is 30.6 Å². The fourth-order valence-electron chi connectivity index (χ4n) is 6.89. The van der Waals surface area contributed by atoms with E-state index in [4.69, 9.17) is 21.1 Å². The number of amides is 1. The lowest BCUT2D eigenvalue weighted by Gasteiger charge is -2.44. The largest absolute Gasteiger partial charge is 0.490 e. The summed E-state index contributed by atoms with van der Waals surface area (Å²) in [5, 5.41) is 0.726. The molecule has 41 heavy (non-hydrogen) atoms. The van der Waals surface area contributed by atoms with Gasteiger partial charge in [-0.15, -0.1) is 0 Å². The highest BCUT2D eigenvalue weighted by molar-refractivity contribution is 7.92. The number of ether oxygens (including phenoxy) is 2. The van der Waals surface area contributed by atoms with Gasteiger partial charge >= 0.3 is 0 Å². The van der Waals surface area contributed by atoms with E-state index in [-0.39, 0.29) is 22.8 Å². The van der Waals surface area contributed by atoms with Gasteiger partial charge in [-0.05, 0) is 92.3 Å². The number of aryl methyl sites for hydroxylation is 1. The van der Waals surface area contributed by atoms with E-state index in [1.165, 1.54) is 29.1 Å². The number of likely N-dealkylation sites (N-methyl/N-ethyl adjacent to an activating group) is 1. The van der Waals surface area contributed by atoms with Crippen molar-refractivity contribution in [2.75, 3.05) is 50.6 Å². The minimum Gasteiger partial charge on any atom is -0.490 e. The first kappa shape index (κ1) is 28.5. The third-order valence-corrected chi connectivity index (χ3v) is 11.6. The van der Waals surface area contributed by atoms with E-state index in [0.717, 1.165) is 49.4 Å². The number of benzene rings is 2. The van der Waals surface area contributed by atoms with Crippen LogP contribution in [-0.4, -0.2) is 76.8 Å². The number of Topliss-reactive ketones (excluding diaryl/α,β-unsaturated/α-hetero) is 1. The van der Waals surface area contributed by atoms with Crippen LogP contribution in [-0.2, 0) is 36.0 Å². The molecule has 2 aromatic rings. The van der Waals surface area contributed by atoms with Crippen molar-refractivity contribution in [1.82, 2.24) is 4.90 Å². The predicted octanol–water partition coefficient (Wildman–Crippen LogP) is 4.06. The number of anilines is 1. The monoisotopic (exact) mass is 600 g/mol. The topological polar surface area (TPSA) is 93.2 Å². The molecule has 0 N–H and O–H groups in total. The van der Waals surface area contributed by atoms with E-state index in [9.17, 15) is 18.0 Å². The third-order valence-electron chi connectivity index (χ3n) is 9.73. The molecular weight excluding hydrogens is 564 g/mol. The second kappa shape index (κ2) is 10.9. The highest BCUT2D eigenvalue weighted by atomic mass is 35.5. The van der Waals surface area contributed by atoms with Crippen LogP contribution in [0, 0.1) is 11.8 Å². The van der Waals surface area contributed by atoms with Crippen LogP contribution in [0.3, 0.4) is 0 Å². The molecule has 2 aliphatic carbocycles. The normalized spacial score (nSPS) is 30.1. The molecule has 220 valence electrons. The van der Waals surface area contributed by atoms with Gasteiger partial charge in [0.15, 0.2) is 15.6 Å². The Kier molecular flexibility index (Phi) is 7.57. The molecule has 10 heteroatoms. The lowest BCUT2D eigenvalue weighted by atomic mass is 9.69. The molecule has 0 aromatic heterocycles. The molecule has 1 amide bonds. The SMILES string of the molecule is CC1C(=O)CS(=O)(=O)c2ccc3c(c2)N(C[C@@H]2CCC2COCC(=O)N1C)C[C@@]1(CCCc2cc(Cl)ccc21)CO3. The van der Waals surface area contributed by atoms with E-state index in [0.29, 0.717) is 37.3 Å². The van der Waals surface area contributed by atoms with Crippen LogP contribution in [0.25, 0.3) is 0 Å². The van der Waals surface area contributed by atoms with Crippen molar-refractivity contribution in [3.63, 3.8) is 0 Å². The molecule has 8 nitrogen and oxygen atoms in total. The van der Waals surface area contributed by atoms with Crippen molar-refractivity contribution < 1.29 is 27.5 Å². The zero-order valence-electron chi connectivity index (χ0n) is 23.6. The fourth-order valence-corrected chi connectivity index (χ4v) is 8.43. The molecule has 2 heterocycles. The number of hydrogen-bond acceptors (Lipinski definition) is 7. The Balaban J connectivity index is 1.41. The Morgan fingerprint density at radius 1 is 1.07 bits per heavy atom. The summed E-state index contributed by atoms with van der Waals surface area (Å²) in [6.07, 6.45) is 4.99. The quantitative estimate of drug-likeness (QED) is 0.450. The number of carbonyl (C=O) groups excluding carboxylic acids is 2. The van der Waals surface area contributed by atoms with Crippen LogP contribution in [0.5, 0.6) is 5.75 Å². The van der Waals surface area contributed by atoms with Crippen LogP contribution in [0.4, 0.5) is 5.69 Å². The van der Waals surface area contributed by atoms with Crippen molar-refractivity contribution in [2.45, 2.75) is 55.4 Å². The summed E-state index contributed by atoms with van der Waals surface area (Å²) in [7, 11) is -2.44. The summed E-state index contributed by atoms with van der Waals surface area (Å²) >= 11 is 6.37. The number of sulfone groups is 1. The van der Waals surface area contributed by atoms with Gasteiger partial charge in [0.2, 0.25) is 5.91 Å². The maximum Gasteiger partial charge on any atom is 0.248 e. The number of halogens is 1. The number of carbonyl (C=O) groups is 2. The average molecular weight is 601 g/mol. The standard InChI is InChI=1S/C31H37ClN2O6S/c1-20-28(35)17-41(37,38)25-8-10-29-27(13-25)34(14-22-5-6-23(22)15-39-16-30(36)33(20)2)18-31(19-40-29)11-3-4-21-12-24(32)7-9-26(21)31/h7-10,12-13,20,22-23H,3-6,11,14-19H2,1-2H3/t20?,22-,23?,31-/m0/s1. The van der Waals surface area contributed by atoms with E-state index in [2.05, 4.69) is 17.0 Å². The fraction of sp³-hybridized carbons (Fsp3) is 0.548. The first-order valence-electron chi connectivity index (χ1n) is 14.5. The minimum absolute atomic E-state index is 0.0896. The Hall–Kier alpha value is -2.62. The highest BCUT2D eigenvalue weighted by Gasteiger charge is 2.44. The van der Waals surface area contributed by atoms with Crippen LogP contribution in [0.15, 0.2) is 41.3 Å². The molecule has 4 aliphatic rings. The molecule has 0 radical (unpaired) electrons. The molecule has 2 bridgehead atoms. The first-order chi connectivity index (χ1) is 19.6. The molecule has 6 rings (SSSR count). The zero-order valence-corrected chi connectivity index (χ0v) is 25.2. The van der Waals surface area contributed by atoms with Gasteiger partial charge in [0.05, 0.1) is 29.8 Å². The molecule has 4 atom stereocenters. The molecule has 2 unspecified atom stereocenters. The number of nitrogens with zero attached hydrogens (tertiary/aromatic N) is 2. The van der Waals surface area contributed by atoms with Crippen molar-refractivity contribution in [1.29, 1.82) is 0 Å². The maximum atomic E-state index is 13.5. The lowest BCUT2D eigenvalue weighted by molar-refractivity contribution is -0.141. The maximum absolute atomic E-state index is 13.5. The van der Waals surface area contributed by atoms with Gasteiger partial charge < -0.3 is 19.3 Å². The Labute approximate surface area is 246 Å². The van der Waals surface area contributed by atoms with E-state index in [1.807, 2.05) is 6.07 Å². The number of ketones is 1. The summed E-state index contributed by atoms with van der Waals surface area (Å²) < 4.78 is 39.4. The zero-order chi connectivity index (χ0) is 28.9. The van der Waals surface area contributed by atoms with Crippen molar-refractivity contribution in [3.05, 3.63) is 52.5 Å². The Morgan fingerprint density at radius 3 is 2.66 bits per heavy atom. The number of fused-ring (bicyclic) bond motifs is 4. The third kappa shape index (κ3) is 5.37. The molecule has 2 aliphatic heterocycles. The predicted molar refractivity (Wildman–Crippen MR) is 157 cm³/mol. The first-order valence-corrected chi connectivity index (χ1v) is 16.5. The van der Waals surface area contributed by atoms with Gasteiger partial charge in [-0.3, -0.25) is 9.59 Å². The van der Waals surface area contributed by atoms with Crippen LogP contribution < -0.4 is 9.64 Å². The lowest BCUT2D eigenvalue weighted by Crippen LogP contribution is -2.49. The second-order valence-corrected chi connectivity index (χ2v) is 14.7. The molecule has 1 saturated carbocycles. The number of hydrogen-bond donors (Lipinski definition) is 0. The van der Waals surface area contributed by atoms with Crippen molar-refractivity contribution >= 4 is 38.8 Å². The summed E-state index contributed by atoms with van der Waals surface area (Å²) in [5.74, 6) is -0.261. The number of rotatable bonds is 0. The van der Waals surface area contributed by atoms with Crippen molar-refractivity contribution in [3.8, 4) is 5.75 Å². The van der Waals surface area contributed by atoms with Crippen LogP contribution >= 0.6 is 11.6 Å².